The molecule has 0 fully saturated rings. The van der Waals surface area contributed by atoms with Gasteiger partial charge in [0.2, 0.25) is 0 Å². The highest BCUT2D eigenvalue weighted by molar-refractivity contribution is 7.90. The van der Waals surface area contributed by atoms with E-state index in [4.69, 9.17) is 16.3 Å². The van der Waals surface area contributed by atoms with Crippen LogP contribution < -0.4 is 14.8 Å². The van der Waals surface area contributed by atoms with Gasteiger partial charge in [-0.3, -0.25) is 0 Å². The highest BCUT2D eigenvalue weighted by atomic mass is 35.5. The molecule has 0 aliphatic carbocycles. The molecule has 3 aromatic carbocycles. The van der Waals surface area contributed by atoms with E-state index in [0.29, 0.717) is 35.2 Å². The predicted octanol–water partition coefficient (Wildman–Crippen LogP) is 5.59. The molecule has 4 rings (SSSR count). The van der Waals surface area contributed by atoms with Gasteiger partial charge < -0.3 is 14.6 Å². The Kier molecular flexibility index (Phi) is 8.70. The van der Waals surface area contributed by atoms with Gasteiger partial charge >= 0.3 is 6.03 Å². The molecule has 10 heteroatoms. The number of benzene rings is 3. The summed E-state index contributed by atoms with van der Waals surface area (Å²) in [5, 5.41) is 3.26. The first-order valence-electron chi connectivity index (χ1n) is 12.2. The number of hydrogen-bond acceptors (Lipinski definition) is 5. The summed E-state index contributed by atoms with van der Waals surface area (Å²) in [7, 11) is -4.08. The molecule has 1 aromatic heterocycles. The first-order valence-corrected chi connectivity index (χ1v) is 14.0. The van der Waals surface area contributed by atoms with E-state index in [-0.39, 0.29) is 4.90 Å². The number of carbonyl (C=O) groups excluding carboxylic acids is 1. The van der Waals surface area contributed by atoms with E-state index in [1.54, 1.807) is 54.2 Å². The molecule has 198 valence electrons. The molecule has 0 saturated carbocycles. The average molecular weight is 553 g/mol. The highest BCUT2D eigenvalue weighted by Gasteiger charge is 2.25. The van der Waals surface area contributed by atoms with Crippen LogP contribution in [0, 0.1) is 6.92 Å². The molecule has 1 atom stereocenters. The van der Waals surface area contributed by atoms with Crippen molar-refractivity contribution in [2.24, 2.45) is 0 Å². The SMILES string of the molecule is CCCOc1ccc(-n2ccnc2C(Cc2ccccc2)NC(=O)NS(=O)(=O)c2ccccc2C)cc1Cl. The fraction of sp³-hybridized carbons (Fsp3) is 0.214. The summed E-state index contributed by atoms with van der Waals surface area (Å²) in [6.07, 6.45) is 4.61. The van der Waals surface area contributed by atoms with Crippen LogP contribution in [0.25, 0.3) is 5.69 Å². The average Bonchev–Trinajstić information content (AvgIpc) is 3.38. The van der Waals surface area contributed by atoms with Gasteiger partial charge in [0.15, 0.2) is 0 Å². The fourth-order valence-corrected chi connectivity index (χ4v) is 5.43. The maximum Gasteiger partial charge on any atom is 0.329 e. The number of rotatable bonds is 10. The Bertz CT molecular complexity index is 1510. The van der Waals surface area contributed by atoms with Crippen LogP contribution in [0.15, 0.2) is 90.1 Å². The zero-order valence-corrected chi connectivity index (χ0v) is 22.7. The molecular formula is C28H29ClN4O4S. The molecule has 38 heavy (non-hydrogen) atoms. The van der Waals surface area contributed by atoms with Crippen LogP contribution in [0.3, 0.4) is 0 Å². The van der Waals surface area contributed by atoms with Gasteiger partial charge in [0.25, 0.3) is 10.0 Å². The smallest absolute Gasteiger partial charge is 0.329 e. The Morgan fingerprint density at radius 3 is 2.53 bits per heavy atom. The number of urea groups is 1. The summed E-state index contributed by atoms with van der Waals surface area (Å²) in [5.41, 5.74) is 2.20. The van der Waals surface area contributed by atoms with Crippen molar-refractivity contribution in [3.63, 3.8) is 0 Å². The lowest BCUT2D eigenvalue weighted by Gasteiger charge is -2.21. The number of carbonyl (C=O) groups is 1. The molecule has 4 aromatic rings. The van der Waals surface area contributed by atoms with Gasteiger partial charge in [0, 0.05) is 18.1 Å². The maximum absolute atomic E-state index is 13.0. The van der Waals surface area contributed by atoms with Gasteiger partial charge in [-0.15, -0.1) is 0 Å². The van der Waals surface area contributed by atoms with Crippen LogP contribution in [0.5, 0.6) is 5.75 Å². The second kappa shape index (κ2) is 12.1. The Balaban J connectivity index is 1.63. The lowest BCUT2D eigenvalue weighted by atomic mass is 10.1. The van der Waals surface area contributed by atoms with Crippen LogP contribution in [0.4, 0.5) is 4.79 Å². The van der Waals surface area contributed by atoms with Gasteiger partial charge in [-0.2, -0.15) is 0 Å². The van der Waals surface area contributed by atoms with E-state index < -0.39 is 22.1 Å². The molecule has 0 radical (unpaired) electrons. The number of hydrogen-bond donors (Lipinski definition) is 2. The first kappa shape index (κ1) is 27.2. The molecule has 0 bridgehead atoms. The number of imidazole rings is 1. The lowest BCUT2D eigenvalue weighted by Crippen LogP contribution is -2.42. The zero-order valence-electron chi connectivity index (χ0n) is 21.1. The van der Waals surface area contributed by atoms with E-state index in [1.807, 2.05) is 43.3 Å². The Morgan fingerprint density at radius 2 is 1.82 bits per heavy atom. The number of amides is 2. The van der Waals surface area contributed by atoms with Crippen molar-refractivity contribution in [1.82, 2.24) is 19.6 Å². The van der Waals surface area contributed by atoms with Crippen molar-refractivity contribution in [3.8, 4) is 11.4 Å². The standard InChI is InChI=1S/C28H29ClN4O4S/c1-3-17-37-25-14-13-22(19-23(25)29)33-16-15-30-27(33)24(18-21-10-5-4-6-11-21)31-28(34)32-38(35,36)26-12-8-7-9-20(26)2/h4-16,19,24H,3,17-18H2,1-2H3,(H2,31,32,34). The molecule has 0 saturated heterocycles. The molecule has 0 aliphatic heterocycles. The second-order valence-electron chi connectivity index (χ2n) is 8.71. The van der Waals surface area contributed by atoms with E-state index in [2.05, 4.69) is 15.0 Å². The molecule has 0 spiro atoms. The fourth-order valence-electron chi connectivity index (χ4n) is 4.04. The highest BCUT2D eigenvalue weighted by Crippen LogP contribution is 2.29. The van der Waals surface area contributed by atoms with Crippen LogP contribution in [0.1, 0.15) is 36.3 Å². The minimum absolute atomic E-state index is 0.0382. The summed E-state index contributed by atoms with van der Waals surface area (Å²) in [4.78, 5) is 17.6. The van der Waals surface area contributed by atoms with Crippen molar-refractivity contribution >= 4 is 27.7 Å². The van der Waals surface area contributed by atoms with Gasteiger partial charge in [0.1, 0.15) is 11.6 Å². The second-order valence-corrected chi connectivity index (χ2v) is 10.8. The third-order valence-electron chi connectivity index (χ3n) is 5.83. The van der Waals surface area contributed by atoms with Crippen molar-refractivity contribution < 1.29 is 17.9 Å². The van der Waals surface area contributed by atoms with Crippen LogP contribution in [0.2, 0.25) is 5.02 Å². The Hall–Kier alpha value is -3.82. The van der Waals surface area contributed by atoms with Crippen LogP contribution in [-0.4, -0.2) is 30.6 Å². The first-order chi connectivity index (χ1) is 18.3. The maximum atomic E-state index is 13.0. The third-order valence-corrected chi connectivity index (χ3v) is 7.62. The molecule has 1 heterocycles. The van der Waals surface area contributed by atoms with E-state index >= 15 is 0 Å². The molecule has 2 N–H and O–H groups in total. The number of nitrogens with one attached hydrogen (secondary N) is 2. The third kappa shape index (κ3) is 6.54. The van der Waals surface area contributed by atoms with Crippen molar-refractivity contribution in [3.05, 3.63) is 107 Å². The molecule has 2 amide bonds. The van der Waals surface area contributed by atoms with Gasteiger partial charge in [-0.1, -0.05) is 67.1 Å². The Labute approximate surface area is 227 Å². The quantitative estimate of drug-likeness (QED) is 0.267. The van der Waals surface area contributed by atoms with E-state index in [1.165, 1.54) is 6.07 Å². The van der Waals surface area contributed by atoms with E-state index in [0.717, 1.165) is 17.7 Å². The summed E-state index contributed by atoms with van der Waals surface area (Å²) >= 11 is 6.47. The van der Waals surface area contributed by atoms with E-state index in [9.17, 15) is 13.2 Å². The van der Waals surface area contributed by atoms with Gasteiger partial charge in [0.05, 0.1) is 22.6 Å². The summed E-state index contributed by atoms with van der Waals surface area (Å²) in [6, 6.07) is 19.9. The summed E-state index contributed by atoms with van der Waals surface area (Å²) in [5.74, 6) is 1.09. The predicted molar refractivity (Wildman–Crippen MR) is 147 cm³/mol. The number of sulfonamides is 1. The molecule has 0 aliphatic rings. The van der Waals surface area contributed by atoms with Crippen LogP contribution in [-0.2, 0) is 16.4 Å². The van der Waals surface area contributed by atoms with Crippen molar-refractivity contribution in [2.45, 2.75) is 37.6 Å². The number of ether oxygens (including phenoxy) is 1. The molecular weight excluding hydrogens is 524 g/mol. The summed E-state index contributed by atoms with van der Waals surface area (Å²) in [6.45, 7) is 4.24. The van der Waals surface area contributed by atoms with Gasteiger partial charge in [-0.25, -0.2) is 22.9 Å². The minimum atomic E-state index is -4.08. The summed E-state index contributed by atoms with van der Waals surface area (Å²) < 4.78 is 35.4. The topological polar surface area (TPSA) is 102 Å². The Morgan fingerprint density at radius 1 is 1.08 bits per heavy atom. The lowest BCUT2D eigenvalue weighted by molar-refractivity contribution is 0.241. The van der Waals surface area contributed by atoms with Crippen LogP contribution >= 0.6 is 11.6 Å². The minimum Gasteiger partial charge on any atom is -0.492 e. The van der Waals surface area contributed by atoms with Gasteiger partial charge in [-0.05, 0) is 55.2 Å². The molecule has 1 unspecified atom stereocenters. The zero-order chi connectivity index (χ0) is 27.1. The largest absolute Gasteiger partial charge is 0.492 e. The number of halogens is 1. The molecule has 8 nitrogen and oxygen atoms in total. The number of aryl methyl sites for hydroxylation is 1. The number of aromatic nitrogens is 2. The normalized spacial score (nSPS) is 12.1. The van der Waals surface area contributed by atoms with Crippen molar-refractivity contribution in [2.75, 3.05) is 6.61 Å². The number of nitrogens with zero attached hydrogens (tertiary/aromatic N) is 2. The monoisotopic (exact) mass is 552 g/mol. The van der Waals surface area contributed by atoms with Crippen molar-refractivity contribution in [1.29, 1.82) is 0 Å².